The molecule has 0 unspecified atom stereocenters. The molecule has 0 bridgehead atoms. The van der Waals surface area contributed by atoms with Crippen LogP contribution in [-0.4, -0.2) is 22.5 Å². The predicted molar refractivity (Wildman–Crippen MR) is 125 cm³/mol. The van der Waals surface area contributed by atoms with Gasteiger partial charge in [0.05, 0.1) is 17.9 Å². The first kappa shape index (κ1) is 19.6. The summed E-state index contributed by atoms with van der Waals surface area (Å²) in [5.74, 6) is -0.293. The Morgan fingerprint density at radius 1 is 0.938 bits per heavy atom. The van der Waals surface area contributed by atoms with Crippen LogP contribution in [0.4, 0.5) is 5.69 Å². The molecule has 1 aliphatic heterocycles. The van der Waals surface area contributed by atoms with Crippen molar-refractivity contribution in [3.63, 3.8) is 0 Å². The zero-order valence-electron chi connectivity index (χ0n) is 17.4. The lowest BCUT2D eigenvalue weighted by molar-refractivity contribution is 0.0953. The summed E-state index contributed by atoms with van der Waals surface area (Å²) in [5, 5.41) is 6.23. The van der Waals surface area contributed by atoms with Crippen LogP contribution < -0.4 is 10.3 Å². The van der Waals surface area contributed by atoms with E-state index in [9.17, 15) is 9.59 Å². The van der Waals surface area contributed by atoms with Crippen molar-refractivity contribution >= 4 is 34.0 Å². The topological polar surface area (TPSA) is 74.7 Å². The highest BCUT2D eigenvalue weighted by Crippen LogP contribution is 2.37. The fourth-order valence-electron chi connectivity index (χ4n) is 3.94. The van der Waals surface area contributed by atoms with E-state index < -0.39 is 0 Å². The third-order valence-corrected chi connectivity index (χ3v) is 5.63. The van der Waals surface area contributed by atoms with Gasteiger partial charge in [-0.2, -0.15) is 5.10 Å². The van der Waals surface area contributed by atoms with Gasteiger partial charge in [0.2, 0.25) is 0 Å². The molecule has 0 saturated carbocycles. The Labute approximate surface area is 185 Å². The standard InChI is InChI=1S/C26H20N4O2/c1-17(19-12-14-27-15-13-19)28-29-25(31)21-10-8-18(9-11-21)16-30-23-7-3-5-20-4-2-6-22(24(20)23)26(30)32/h2-15H,16H2,1H3,(H,29,31). The minimum Gasteiger partial charge on any atom is -0.303 e. The second-order valence-corrected chi connectivity index (χ2v) is 7.64. The lowest BCUT2D eigenvalue weighted by Gasteiger charge is -2.18. The minimum absolute atomic E-state index is 0.000422. The Morgan fingerprint density at radius 2 is 1.66 bits per heavy atom. The molecule has 1 aromatic heterocycles. The Bertz CT molecular complexity index is 1360. The van der Waals surface area contributed by atoms with Crippen LogP contribution in [0.5, 0.6) is 0 Å². The number of carbonyl (C=O) groups is 2. The fourth-order valence-corrected chi connectivity index (χ4v) is 3.94. The third kappa shape index (κ3) is 3.52. The number of amides is 2. The zero-order valence-corrected chi connectivity index (χ0v) is 17.4. The van der Waals surface area contributed by atoms with E-state index in [1.54, 1.807) is 29.4 Å². The van der Waals surface area contributed by atoms with E-state index in [-0.39, 0.29) is 11.8 Å². The number of hydrogen-bond donors (Lipinski definition) is 1. The summed E-state index contributed by atoms with van der Waals surface area (Å²) in [7, 11) is 0. The van der Waals surface area contributed by atoms with E-state index in [2.05, 4.69) is 15.5 Å². The number of nitrogens with one attached hydrogen (secondary N) is 1. The normalized spacial score (nSPS) is 13.0. The number of pyridine rings is 1. The highest BCUT2D eigenvalue weighted by molar-refractivity contribution is 6.24. The van der Waals surface area contributed by atoms with Crippen LogP contribution in [0.1, 0.15) is 38.8 Å². The number of carbonyl (C=O) groups excluding carboxylic acids is 2. The maximum Gasteiger partial charge on any atom is 0.271 e. The second kappa shape index (κ2) is 8.07. The molecule has 0 saturated heterocycles. The number of aromatic nitrogens is 1. The van der Waals surface area contributed by atoms with E-state index in [1.807, 2.05) is 67.6 Å². The lowest BCUT2D eigenvalue weighted by atomic mass is 10.1. The first-order valence-corrected chi connectivity index (χ1v) is 10.3. The van der Waals surface area contributed by atoms with Gasteiger partial charge in [0.1, 0.15) is 0 Å². The minimum atomic E-state index is -0.292. The molecule has 156 valence electrons. The molecular weight excluding hydrogens is 400 g/mol. The molecule has 3 aromatic carbocycles. The largest absolute Gasteiger partial charge is 0.303 e. The molecule has 6 heteroatoms. The van der Waals surface area contributed by atoms with Gasteiger partial charge in [-0.25, -0.2) is 5.43 Å². The average Bonchev–Trinajstić information content (AvgIpc) is 3.11. The van der Waals surface area contributed by atoms with Crippen molar-refractivity contribution in [2.45, 2.75) is 13.5 Å². The molecule has 4 aromatic rings. The van der Waals surface area contributed by atoms with Crippen LogP contribution in [0.2, 0.25) is 0 Å². The van der Waals surface area contributed by atoms with Gasteiger partial charge in [-0.3, -0.25) is 14.6 Å². The van der Waals surface area contributed by atoms with Gasteiger partial charge in [0.25, 0.3) is 11.8 Å². The summed E-state index contributed by atoms with van der Waals surface area (Å²) >= 11 is 0. The monoisotopic (exact) mass is 420 g/mol. The van der Waals surface area contributed by atoms with Gasteiger partial charge >= 0.3 is 0 Å². The first-order chi connectivity index (χ1) is 15.6. The molecule has 32 heavy (non-hydrogen) atoms. The number of rotatable bonds is 5. The van der Waals surface area contributed by atoms with Crippen LogP contribution in [0.3, 0.4) is 0 Å². The van der Waals surface area contributed by atoms with Crippen LogP contribution in [0, 0.1) is 0 Å². The molecular formula is C26H20N4O2. The van der Waals surface area contributed by atoms with E-state index in [0.717, 1.165) is 33.2 Å². The molecule has 0 radical (unpaired) electrons. The molecule has 6 nitrogen and oxygen atoms in total. The first-order valence-electron chi connectivity index (χ1n) is 10.3. The summed E-state index contributed by atoms with van der Waals surface area (Å²) in [5.41, 5.74) is 7.26. The Kier molecular flexibility index (Phi) is 4.95. The smallest absolute Gasteiger partial charge is 0.271 e. The van der Waals surface area contributed by atoms with Gasteiger partial charge in [-0.15, -0.1) is 0 Å². The summed E-state index contributed by atoms with van der Waals surface area (Å²) in [6.07, 6.45) is 3.36. The summed E-state index contributed by atoms with van der Waals surface area (Å²) < 4.78 is 0. The number of anilines is 1. The highest BCUT2D eigenvalue weighted by Gasteiger charge is 2.29. The Balaban J connectivity index is 1.30. The maximum absolute atomic E-state index is 13.0. The highest BCUT2D eigenvalue weighted by atomic mass is 16.2. The molecule has 5 rings (SSSR count). The lowest BCUT2D eigenvalue weighted by Crippen LogP contribution is -2.26. The molecule has 1 aliphatic rings. The zero-order chi connectivity index (χ0) is 22.1. The van der Waals surface area contributed by atoms with Crippen molar-refractivity contribution in [1.29, 1.82) is 0 Å². The molecule has 2 heterocycles. The summed E-state index contributed by atoms with van der Waals surface area (Å²) in [4.78, 5) is 31.2. The van der Waals surface area contributed by atoms with Crippen molar-refractivity contribution in [2.75, 3.05) is 4.90 Å². The predicted octanol–water partition coefficient (Wildman–Crippen LogP) is 4.55. The summed E-state index contributed by atoms with van der Waals surface area (Å²) in [6, 6.07) is 22.6. The number of nitrogens with zero attached hydrogens (tertiary/aromatic N) is 3. The van der Waals surface area contributed by atoms with Crippen LogP contribution in [0.25, 0.3) is 10.8 Å². The molecule has 1 N–H and O–H groups in total. The van der Waals surface area contributed by atoms with Gasteiger partial charge in [0, 0.05) is 34.5 Å². The Hall–Kier alpha value is -4.32. The molecule has 0 spiro atoms. The molecule has 0 fully saturated rings. The average molecular weight is 420 g/mol. The van der Waals surface area contributed by atoms with Gasteiger partial charge in [-0.05, 0) is 54.3 Å². The van der Waals surface area contributed by atoms with Gasteiger partial charge in [-0.1, -0.05) is 36.4 Å². The van der Waals surface area contributed by atoms with Crippen molar-refractivity contribution in [3.8, 4) is 0 Å². The molecule has 2 amide bonds. The number of benzene rings is 3. The van der Waals surface area contributed by atoms with Crippen LogP contribution >= 0.6 is 0 Å². The fraction of sp³-hybridized carbons (Fsp3) is 0.0769. The summed E-state index contributed by atoms with van der Waals surface area (Å²) in [6.45, 7) is 2.26. The number of hydrazone groups is 1. The van der Waals surface area contributed by atoms with Crippen molar-refractivity contribution in [1.82, 2.24) is 10.4 Å². The van der Waals surface area contributed by atoms with Crippen molar-refractivity contribution < 1.29 is 9.59 Å². The van der Waals surface area contributed by atoms with Gasteiger partial charge < -0.3 is 4.90 Å². The SMILES string of the molecule is CC(=NNC(=O)c1ccc(CN2C(=O)c3cccc4cccc2c34)cc1)c1ccncc1. The molecule has 0 atom stereocenters. The van der Waals surface area contributed by atoms with E-state index >= 15 is 0 Å². The van der Waals surface area contributed by atoms with Crippen LogP contribution in [-0.2, 0) is 6.54 Å². The van der Waals surface area contributed by atoms with E-state index in [0.29, 0.717) is 17.8 Å². The Morgan fingerprint density at radius 3 is 2.41 bits per heavy atom. The van der Waals surface area contributed by atoms with E-state index in [4.69, 9.17) is 0 Å². The maximum atomic E-state index is 13.0. The number of hydrogen-bond acceptors (Lipinski definition) is 4. The third-order valence-electron chi connectivity index (χ3n) is 5.63. The van der Waals surface area contributed by atoms with Crippen molar-refractivity contribution in [2.24, 2.45) is 5.10 Å². The van der Waals surface area contributed by atoms with E-state index in [1.165, 1.54) is 0 Å². The van der Waals surface area contributed by atoms with Gasteiger partial charge in [0.15, 0.2) is 0 Å². The quantitative estimate of drug-likeness (QED) is 0.380. The second-order valence-electron chi connectivity index (χ2n) is 7.64. The van der Waals surface area contributed by atoms with Crippen LogP contribution in [0.15, 0.2) is 90.3 Å². The van der Waals surface area contributed by atoms with Crippen molar-refractivity contribution in [3.05, 3.63) is 107 Å². The molecule has 0 aliphatic carbocycles.